The lowest BCUT2D eigenvalue weighted by Crippen LogP contribution is -2.29. The minimum atomic E-state index is -0.176. The monoisotopic (exact) mass is 293 g/mol. The van der Waals surface area contributed by atoms with Crippen molar-refractivity contribution in [3.8, 4) is 0 Å². The molecule has 0 fully saturated rings. The predicted octanol–water partition coefficient (Wildman–Crippen LogP) is 3.07. The largest absolute Gasteiger partial charge is 0.367 e. The van der Waals surface area contributed by atoms with Crippen molar-refractivity contribution in [1.82, 2.24) is 9.78 Å². The van der Waals surface area contributed by atoms with Gasteiger partial charge < -0.3 is 10.5 Å². The van der Waals surface area contributed by atoms with E-state index in [2.05, 4.69) is 5.10 Å². The highest BCUT2D eigenvalue weighted by atomic mass is 35.5. The summed E-state index contributed by atoms with van der Waals surface area (Å²) in [7, 11) is 1.88. The van der Waals surface area contributed by atoms with Gasteiger partial charge in [-0.25, -0.2) is 0 Å². The van der Waals surface area contributed by atoms with Crippen molar-refractivity contribution in [3.05, 3.63) is 52.8 Å². The van der Waals surface area contributed by atoms with Crippen molar-refractivity contribution < 1.29 is 4.74 Å². The fourth-order valence-electron chi connectivity index (χ4n) is 2.06. The molecule has 0 radical (unpaired) electrons. The topological polar surface area (TPSA) is 53.1 Å². The van der Waals surface area contributed by atoms with Crippen LogP contribution in [-0.2, 0) is 18.4 Å². The standard InChI is InChI=1S/C15H20ClN3O/c1-3-14(17)15(12-8-18-19(2)9-12)20-10-11-6-4-5-7-13(11)16/h4-9,14-15H,3,10,17H2,1-2H3. The Morgan fingerprint density at radius 3 is 2.75 bits per heavy atom. The maximum Gasteiger partial charge on any atom is 0.101 e. The summed E-state index contributed by atoms with van der Waals surface area (Å²) in [6.45, 7) is 2.49. The molecule has 0 amide bonds. The molecule has 0 bridgehead atoms. The number of rotatable bonds is 6. The molecule has 1 heterocycles. The first kappa shape index (κ1) is 15.0. The van der Waals surface area contributed by atoms with Crippen LogP contribution < -0.4 is 5.73 Å². The Hall–Kier alpha value is -1.36. The quantitative estimate of drug-likeness (QED) is 0.890. The van der Waals surface area contributed by atoms with Gasteiger partial charge in [0, 0.05) is 29.9 Å². The Balaban J connectivity index is 2.11. The SMILES string of the molecule is CCC(N)C(OCc1ccccc1Cl)c1cnn(C)c1. The van der Waals surface area contributed by atoms with Crippen molar-refractivity contribution in [2.24, 2.45) is 12.8 Å². The summed E-state index contributed by atoms with van der Waals surface area (Å²) in [5.74, 6) is 0. The van der Waals surface area contributed by atoms with Gasteiger partial charge >= 0.3 is 0 Å². The second-order valence-corrected chi connectivity index (χ2v) is 5.25. The first-order chi connectivity index (χ1) is 9.61. The highest BCUT2D eigenvalue weighted by Gasteiger charge is 2.21. The Labute approximate surface area is 124 Å². The van der Waals surface area contributed by atoms with Gasteiger partial charge in [0.15, 0.2) is 0 Å². The molecule has 2 rings (SSSR count). The fraction of sp³-hybridized carbons (Fsp3) is 0.400. The molecule has 1 aromatic carbocycles. The Bertz CT molecular complexity index is 556. The second-order valence-electron chi connectivity index (χ2n) is 4.84. The van der Waals surface area contributed by atoms with Crippen LogP contribution in [0.1, 0.15) is 30.6 Å². The maximum atomic E-state index is 6.17. The zero-order valence-electron chi connectivity index (χ0n) is 11.8. The smallest absolute Gasteiger partial charge is 0.101 e. The van der Waals surface area contributed by atoms with E-state index in [1.165, 1.54) is 0 Å². The number of ether oxygens (including phenoxy) is 1. The third-order valence-corrected chi connectivity index (χ3v) is 3.66. The molecule has 2 unspecified atom stereocenters. The van der Waals surface area contributed by atoms with E-state index in [0.717, 1.165) is 17.5 Å². The van der Waals surface area contributed by atoms with E-state index < -0.39 is 0 Å². The van der Waals surface area contributed by atoms with Crippen molar-refractivity contribution >= 4 is 11.6 Å². The van der Waals surface area contributed by atoms with Crippen LogP contribution in [0.2, 0.25) is 5.02 Å². The van der Waals surface area contributed by atoms with Crippen LogP contribution in [0.25, 0.3) is 0 Å². The van der Waals surface area contributed by atoms with E-state index in [0.29, 0.717) is 11.6 Å². The molecular weight excluding hydrogens is 274 g/mol. The summed E-state index contributed by atoms with van der Waals surface area (Å²) in [6, 6.07) is 7.60. The summed E-state index contributed by atoms with van der Waals surface area (Å²) in [5.41, 5.74) is 8.12. The van der Waals surface area contributed by atoms with Gasteiger partial charge in [-0.2, -0.15) is 5.10 Å². The number of nitrogens with two attached hydrogens (primary N) is 1. The molecule has 0 saturated heterocycles. The van der Waals surface area contributed by atoms with Crippen molar-refractivity contribution in [1.29, 1.82) is 0 Å². The third-order valence-electron chi connectivity index (χ3n) is 3.29. The van der Waals surface area contributed by atoms with Gasteiger partial charge in [0.2, 0.25) is 0 Å². The number of hydrogen-bond donors (Lipinski definition) is 1. The van der Waals surface area contributed by atoms with Crippen LogP contribution in [0.4, 0.5) is 0 Å². The fourth-order valence-corrected chi connectivity index (χ4v) is 2.25. The summed E-state index contributed by atoms with van der Waals surface area (Å²) < 4.78 is 7.75. The van der Waals surface area contributed by atoms with E-state index in [-0.39, 0.29) is 12.1 Å². The molecule has 2 aromatic rings. The number of aromatic nitrogens is 2. The molecule has 4 nitrogen and oxygen atoms in total. The zero-order chi connectivity index (χ0) is 14.5. The molecule has 2 N–H and O–H groups in total. The molecule has 0 spiro atoms. The van der Waals surface area contributed by atoms with Crippen LogP contribution in [0.3, 0.4) is 0 Å². The van der Waals surface area contributed by atoms with Gasteiger partial charge in [0.25, 0.3) is 0 Å². The minimum Gasteiger partial charge on any atom is -0.367 e. The normalized spacial score (nSPS) is 14.2. The molecule has 108 valence electrons. The van der Waals surface area contributed by atoms with Gasteiger partial charge in [-0.3, -0.25) is 4.68 Å². The van der Waals surface area contributed by atoms with E-state index in [1.807, 2.05) is 44.4 Å². The lowest BCUT2D eigenvalue weighted by Gasteiger charge is -2.22. The van der Waals surface area contributed by atoms with E-state index in [9.17, 15) is 0 Å². The van der Waals surface area contributed by atoms with Gasteiger partial charge in [0.1, 0.15) is 6.10 Å². The highest BCUT2D eigenvalue weighted by Crippen LogP contribution is 2.25. The van der Waals surface area contributed by atoms with Crippen molar-refractivity contribution in [3.63, 3.8) is 0 Å². The second kappa shape index (κ2) is 6.88. The van der Waals surface area contributed by atoms with Crippen molar-refractivity contribution in [2.45, 2.75) is 32.1 Å². The molecule has 0 aliphatic heterocycles. The van der Waals surface area contributed by atoms with Crippen LogP contribution in [0.5, 0.6) is 0 Å². The average molecular weight is 294 g/mol. The third kappa shape index (κ3) is 3.60. The van der Waals surface area contributed by atoms with Crippen LogP contribution in [0, 0.1) is 0 Å². The van der Waals surface area contributed by atoms with Gasteiger partial charge in [-0.15, -0.1) is 0 Å². The van der Waals surface area contributed by atoms with Crippen LogP contribution >= 0.6 is 11.6 Å². The number of benzene rings is 1. The molecule has 0 aliphatic rings. The Kier molecular flexibility index (Phi) is 5.17. The first-order valence-electron chi connectivity index (χ1n) is 6.71. The number of halogens is 1. The molecule has 20 heavy (non-hydrogen) atoms. The van der Waals surface area contributed by atoms with Crippen LogP contribution in [-0.4, -0.2) is 15.8 Å². The molecule has 1 aromatic heterocycles. The zero-order valence-corrected chi connectivity index (χ0v) is 12.5. The summed E-state index contributed by atoms with van der Waals surface area (Å²) in [6.07, 6.45) is 4.40. The summed E-state index contributed by atoms with van der Waals surface area (Å²) in [4.78, 5) is 0. The maximum absolute atomic E-state index is 6.17. The van der Waals surface area contributed by atoms with E-state index in [1.54, 1.807) is 10.9 Å². The molecule has 0 saturated carbocycles. The van der Waals surface area contributed by atoms with Crippen molar-refractivity contribution in [2.75, 3.05) is 0 Å². The first-order valence-corrected chi connectivity index (χ1v) is 7.08. The molecular formula is C15H20ClN3O. The average Bonchev–Trinajstić information content (AvgIpc) is 2.87. The van der Waals surface area contributed by atoms with Gasteiger partial charge in [-0.05, 0) is 18.1 Å². The summed E-state index contributed by atoms with van der Waals surface area (Å²) in [5, 5.41) is 4.89. The summed E-state index contributed by atoms with van der Waals surface area (Å²) >= 11 is 6.14. The number of nitrogens with zero attached hydrogens (tertiary/aromatic N) is 2. The molecule has 5 heteroatoms. The Morgan fingerprint density at radius 1 is 1.40 bits per heavy atom. The number of aryl methyl sites for hydroxylation is 1. The van der Waals surface area contributed by atoms with E-state index >= 15 is 0 Å². The lowest BCUT2D eigenvalue weighted by molar-refractivity contribution is 0.0212. The van der Waals surface area contributed by atoms with Crippen LogP contribution in [0.15, 0.2) is 36.7 Å². The highest BCUT2D eigenvalue weighted by molar-refractivity contribution is 6.31. The molecule has 2 atom stereocenters. The van der Waals surface area contributed by atoms with E-state index in [4.69, 9.17) is 22.1 Å². The lowest BCUT2D eigenvalue weighted by atomic mass is 10.0. The van der Waals surface area contributed by atoms with Gasteiger partial charge in [0.05, 0.1) is 12.8 Å². The predicted molar refractivity (Wildman–Crippen MR) is 80.5 cm³/mol. The van der Waals surface area contributed by atoms with Gasteiger partial charge in [-0.1, -0.05) is 36.7 Å². The number of hydrogen-bond acceptors (Lipinski definition) is 3. The minimum absolute atomic E-state index is 0.0679. The Morgan fingerprint density at radius 2 is 2.15 bits per heavy atom. The molecule has 0 aliphatic carbocycles.